The second-order valence-electron chi connectivity index (χ2n) is 5.46. The van der Waals surface area contributed by atoms with Crippen LogP contribution < -0.4 is 10.6 Å². The van der Waals surface area contributed by atoms with Gasteiger partial charge in [0.2, 0.25) is 0 Å². The maximum atomic E-state index is 12.1. The summed E-state index contributed by atoms with van der Waals surface area (Å²) in [5.74, 6) is 0.190. The number of thiazole rings is 1. The molecular weight excluding hydrogens is 262 g/mol. The number of hydrogen-bond donors (Lipinski definition) is 3. The molecule has 1 aliphatic heterocycles. The third kappa shape index (κ3) is 3.32. The fourth-order valence-corrected chi connectivity index (χ4v) is 3.07. The molecule has 1 saturated heterocycles. The molecule has 1 unspecified atom stereocenters. The Morgan fingerprint density at radius 2 is 2.37 bits per heavy atom. The van der Waals surface area contributed by atoms with Crippen LogP contribution in [0.2, 0.25) is 0 Å². The first-order chi connectivity index (χ1) is 8.91. The summed E-state index contributed by atoms with van der Waals surface area (Å²) in [6.45, 7) is 7.59. The van der Waals surface area contributed by atoms with Gasteiger partial charge >= 0.3 is 0 Å². The van der Waals surface area contributed by atoms with E-state index in [1.807, 2.05) is 6.92 Å². The molecule has 19 heavy (non-hydrogen) atoms. The third-order valence-electron chi connectivity index (χ3n) is 3.31. The fourth-order valence-electron chi connectivity index (χ4n) is 2.08. The number of β-amino-alcohol motifs (C(OH)–C–C–N with tert-alkyl or cyclic N) is 1. The van der Waals surface area contributed by atoms with E-state index in [4.69, 9.17) is 0 Å². The number of nitrogens with zero attached hydrogens (tertiary/aromatic N) is 1. The zero-order valence-electron chi connectivity index (χ0n) is 11.6. The molecule has 0 saturated carbocycles. The van der Waals surface area contributed by atoms with Gasteiger partial charge in [-0.15, -0.1) is 11.3 Å². The minimum atomic E-state index is -0.810. The van der Waals surface area contributed by atoms with Crippen molar-refractivity contribution in [2.24, 2.45) is 0 Å². The first kappa shape index (κ1) is 14.4. The molecule has 0 bridgehead atoms. The summed E-state index contributed by atoms with van der Waals surface area (Å²) in [5, 5.41) is 17.0. The number of carbonyl (C=O) groups excluding carboxylic acids is 1. The number of rotatable bonds is 4. The van der Waals surface area contributed by atoms with Crippen molar-refractivity contribution in [3.63, 3.8) is 0 Å². The molecule has 5 nitrogen and oxygen atoms in total. The molecule has 1 amide bonds. The van der Waals surface area contributed by atoms with E-state index in [2.05, 4.69) is 29.5 Å². The monoisotopic (exact) mass is 283 g/mol. The second kappa shape index (κ2) is 5.56. The summed E-state index contributed by atoms with van der Waals surface area (Å²) in [6, 6.07) is 0. The molecule has 1 aliphatic rings. The quantitative estimate of drug-likeness (QED) is 0.771. The van der Waals surface area contributed by atoms with E-state index in [9.17, 15) is 9.90 Å². The Hall–Kier alpha value is -0.980. The Morgan fingerprint density at radius 3 is 2.89 bits per heavy atom. The van der Waals surface area contributed by atoms with Crippen LogP contribution in [-0.2, 0) is 0 Å². The van der Waals surface area contributed by atoms with E-state index in [-0.39, 0.29) is 12.5 Å². The summed E-state index contributed by atoms with van der Waals surface area (Å²) in [4.78, 5) is 17.2. The highest BCUT2D eigenvalue weighted by Crippen LogP contribution is 2.24. The van der Waals surface area contributed by atoms with Gasteiger partial charge in [0, 0.05) is 19.0 Å². The summed E-state index contributed by atoms with van der Waals surface area (Å²) in [6.07, 6.45) is 0.673. The lowest BCUT2D eigenvalue weighted by Crippen LogP contribution is -2.44. The van der Waals surface area contributed by atoms with Crippen molar-refractivity contribution in [1.29, 1.82) is 0 Å². The third-order valence-corrected chi connectivity index (χ3v) is 4.77. The predicted octanol–water partition coefficient (Wildman–Crippen LogP) is 1.03. The molecular formula is C13H21N3O2S. The largest absolute Gasteiger partial charge is 0.387 e. The van der Waals surface area contributed by atoms with Gasteiger partial charge in [0.15, 0.2) is 0 Å². The first-order valence-corrected chi connectivity index (χ1v) is 7.41. The lowest BCUT2D eigenvalue weighted by molar-refractivity contribution is 0.0563. The molecule has 3 N–H and O–H groups in total. The van der Waals surface area contributed by atoms with Crippen LogP contribution in [0.5, 0.6) is 0 Å². The number of amides is 1. The zero-order chi connectivity index (χ0) is 14.0. The van der Waals surface area contributed by atoms with Crippen LogP contribution in [0.4, 0.5) is 0 Å². The van der Waals surface area contributed by atoms with Crippen LogP contribution in [0.25, 0.3) is 0 Å². The van der Waals surface area contributed by atoms with Crippen molar-refractivity contribution in [1.82, 2.24) is 15.6 Å². The Balaban J connectivity index is 2.00. The molecule has 0 spiro atoms. The molecule has 6 heteroatoms. The van der Waals surface area contributed by atoms with Gasteiger partial charge in [-0.2, -0.15) is 0 Å². The number of nitrogens with one attached hydrogen (secondary N) is 2. The zero-order valence-corrected chi connectivity index (χ0v) is 12.4. The molecule has 1 aromatic heterocycles. The predicted molar refractivity (Wildman–Crippen MR) is 75.7 cm³/mol. The van der Waals surface area contributed by atoms with Crippen LogP contribution >= 0.6 is 11.3 Å². The normalized spacial score (nSPS) is 23.0. The highest BCUT2D eigenvalue weighted by atomic mass is 32.1. The van der Waals surface area contributed by atoms with Crippen LogP contribution in [0, 0.1) is 6.92 Å². The Bertz CT molecular complexity index is 464. The van der Waals surface area contributed by atoms with E-state index in [1.165, 1.54) is 11.3 Å². The van der Waals surface area contributed by atoms with Crippen LogP contribution in [-0.4, -0.2) is 41.2 Å². The van der Waals surface area contributed by atoms with Crippen molar-refractivity contribution in [3.8, 4) is 0 Å². The van der Waals surface area contributed by atoms with Crippen molar-refractivity contribution < 1.29 is 9.90 Å². The maximum Gasteiger partial charge on any atom is 0.263 e. The summed E-state index contributed by atoms with van der Waals surface area (Å²) >= 11 is 1.44. The molecule has 0 radical (unpaired) electrons. The van der Waals surface area contributed by atoms with E-state index in [0.29, 0.717) is 23.8 Å². The molecule has 1 fully saturated rings. The Morgan fingerprint density at radius 1 is 1.63 bits per heavy atom. The second-order valence-corrected chi connectivity index (χ2v) is 6.49. The molecule has 2 heterocycles. The van der Waals surface area contributed by atoms with Gasteiger partial charge in [-0.25, -0.2) is 4.98 Å². The Labute approximate surface area is 117 Å². The maximum absolute atomic E-state index is 12.1. The molecule has 0 aromatic carbocycles. The smallest absolute Gasteiger partial charge is 0.263 e. The molecule has 0 aliphatic carbocycles. The van der Waals surface area contributed by atoms with Gasteiger partial charge < -0.3 is 15.7 Å². The van der Waals surface area contributed by atoms with E-state index >= 15 is 0 Å². The van der Waals surface area contributed by atoms with Crippen LogP contribution in [0.1, 0.15) is 46.6 Å². The van der Waals surface area contributed by atoms with Gasteiger partial charge in [-0.3, -0.25) is 4.79 Å². The van der Waals surface area contributed by atoms with E-state index in [0.717, 1.165) is 17.2 Å². The number of carbonyl (C=O) groups is 1. The molecule has 1 atom stereocenters. The van der Waals surface area contributed by atoms with E-state index in [1.54, 1.807) is 0 Å². The average molecular weight is 283 g/mol. The topological polar surface area (TPSA) is 74.2 Å². The minimum absolute atomic E-state index is 0.137. The van der Waals surface area contributed by atoms with Crippen molar-refractivity contribution in [2.75, 3.05) is 19.6 Å². The van der Waals surface area contributed by atoms with Crippen molar-refractivity contribution in [2.45, 2.75) is 38.7 Å². The van der Waals surface area contributed by atoms with Gasteiger partial charge in [-0.1, -0.05) is 13.8 Å². The number of aliphatic hydroxyl groups is 1. The first-order valence-electron chi connectivity index (χ1n) is 6.60. The molecule has 1 aromatic rings. The molecule has 2 rings (SSSR count). The van der Waals surface area contributed by atoms with Crippen molar-refractivity contribution in [3.05, 3.63) is 15.6 Å². The highest BCUT2D eigenvalue weighted by Gasteiger charge is 2.31. The summed E-state index contributed by atoms with van der Waals surface area (Å²) < 4.78 is 0. The van der Waals surface area contributed by atoms with Gasteiger partial charge in [0.05, 0.1) is 16.3 Å². The SMILES string of the molecule is Cc1nc(C(C)C)sc1C(=O)NCC1(O)CCNC1. The molecule has 106 valence electrons. The van der Waals surface area contributed by atoms with Crippen LogP contribution in [0.15, 0.2) is 0 Å². The van der Waals surface area contributed by atoms with Crippen LogP contribution in [0.3, 0.4) is 0 Å². The van der Waals surface area contributed by atoms with Gasteiger partial charge in [-0.05, 0) is 19.9 Å². The lowest BCUT2D eigenvalue weighted by atomic mass is 10.0. The van der Waals surface area contributed by atoms with E-state index < -0.39 is 5.60 Å². The van der Waals surface area contributed by atoms with Crippen molar-refractivity contribution >= 4 is 17.2 Å². The lowest BCUT2D eigenvalue weighted by Gasteiger charge is -2.21. The minimum Gasteiger partial charge on any atom is -0.387 e. The number of hydrogen-bond acceptors (Lipinski definition) is 5. The summed E-state index contributed by atoms with van der Waals surface area (Å²) in [5.41, 5.74) is -0.0440. The fraction of sp³-hybridized carbons (Fsp3) is 0.692. The number of aromatic nitrogens is 1. The summed E-state index contributed by atoms with van der Waals surface area (Å²) in [7, 11) is 0. The highest BCUT2D eigenvalue weighted by molar-refractivity contribution is 7.13. The van der Waals surface area contributed by atoms with Gasteiger partial charge in [0.25, 0.3) is 5.91 Å². The average Bonchev–Trinajstić information content (AvgIpc) is 2.93. The van der Waals surface area contributed by atoms with Gasteiger partial charge in [0.1, 0.15) is 4.88 Å². The Kier molecular flexibility index (Phi) is 4.23. The standard InChI is InChI=1S/C13H21N3O2S/c1-8(2)12-16-9(3)10(19-12)11(17)15-7-13(18)4-5-14-6-13/h8,14,18H,4-7H2,1-3H3,(H,15,17). The number of aryl methyl sites for hydroxylation is 1.